The van der Waals surface area contributed by atoms with Crippen LogP contribution in [0.3, 0.4) is 0 Å². The number of hydrogen-bond donors (Lipinski definition) is 0. The Kier molecular flexibility index (Phi) is 2.30. The van der Waals surface area contributed by atoms with Crippen molar-refractivity contribution in [2.45, 2.75) is 13.3 Å². The predicted molar refractivity (Wildman–Crippen MR) is 55.5 cm³/mol. The second kappa shape index (κ2) is 3.46. The van der Waals surface area contributed by atoms with Crippen LogP contribution in [-0.2, 0) is 11.2 Å². The summed E-state index contributed by atoms with van der Waals surface area (Å²) in [5, 5.41) is 0.605. The first-order valence-electron chi connectivity index (χ1n) is 4.32. The fourth-order valence-electron chi connectivity index (χ4n) is 1.48. The molecule has 0 saturated carbocycles. The highest BCUT2D eigenvalue weighted by molar-refractivity contribution is 6.63. The fraction of sp³-hybridized carbons (Fsp3) is 0.182. The molecule has 0 aliphatic carbocycles. The molecule has 2 rings (SSSR count). The summed E-state index contributed by atoms with van der Waals surface area (Å²) in [7, 11) is 0. The molecule has 3 heteroatoms. The van der Waals surface area contributed by atoms with Crippen molar-refractivity contribution in [3.05, 3.63) is 35.6 Å². The van der Waals surface area contributed by atoms with Gasteiger partial charge in [0.1, 0.15) is 5.58 Å². The Balaban J connectivity index is 2.55. The Morgan fingerprint density at radius 2 is 2.29 bits per heavy atom. The zero-order valence-electron chi connectivity index (χ0n) is 7.71. The predicted octanol–water partition coefficient (Wildman–Crippen LogP) is 3.05. The van der Waals surface area contributed by atoms with Crippen LogP contribution in [0.5, 0.6) is 0 Å². The summed E-state index contributed by atoms with van der Waals surface area (Å²) in [6, 6.07) is 5.86. The van der Waals surface area contributed by atoms with Gasteiger partial charge in [-0.05, 0) is 30.7 Å². The van der Waals surface area contributed by atoms with Gasteiger partial charge in [-0.15, -0.1) is 0 Å². The molecule has 0 atom stereocenters. The van der Waals surface area contributed by atoms with Crippen LogP contribution in [0.25, 0.3) is 11.0 Å². The molecule has 0 bridgehead atoms. The quantitative estimate of drug-likeness (QED) is 0.710. The molecule has 0 aliphatic rings. The third-order valence-corrected chi connectivity index (χ3v) is 2.27. The van der Waals surface area contributed by atoms with E-state index in [2.05, 4.69) is 0 Å². The molecule has 1 heterocycles. The standard InChI is InChI=1S/C11H9ClO2/c1-7-2-3-10-9(4-7)8(6-14-10)5-11(12)13/h2-4,6H,5H2,1H3. The van der Waals surface area contributed by atoms with Crippen LogP contribution in [-0.4, -0.2) is 5.24 Å². The van der Waals surface area contributed by atoms with Crippen LogP contribution < -0.4 is 0 Å². The molecule has 0 saturated heterocycles. The van der Waals surface area contributed by atoms with Crippen LogP contribution in [0.1, 0.15) is 11.1 Å². The average Bonchev–Trinajstić information content (AvgIpc) is 2.47. The van der Waals surface area contributed by atoms with Crippen molar-refractivity contribution < 1.29 is 9.21 Å². The molecule has 72 valence electrons. The van der Waals surface area contributed by atoms with Gasteiger partial charge in [-0.2, -0.15) is 0 Å². The van der Waals surface area contributed by atoms with Crippen LogP contribution >= 0.6 is 11.6 Å². The maximum Gasteiger partial charge on any atom is 0.226 e. The number of hydrogen-bond acceptors (Lipinski definition) is 2. The number of benzene rings is 1. The third-order valence-electron chi connectivity index (χ3n) is 2.14. The Hall–Kier alpha value is -1.28. The molecule has 0 spiro atoms. The van der Waals surface area contributed by atoms with Crippen LogP contribution in [0.2, 0.25) is 0 Å². The molecule has 0 aliphatic heterocycles. The van der Waals surface area contributed by atoms with Crippen molar-refractivity contribution in [3.63, 3.8) is 0 Å². The number of aryl methyl sites for hydroxylation is 1. The smallest absolute Gasteiger partial charge is 0.226 e. The van der Waals surface area contributed by atoms with E-state index in [0.717, 1.165) is 22.1 Å². The lowest BCUT2D eigenvalue weighted by Crippen LogP contribution is -1.91. The number of rotatable bonds is 2. The lowest BCUT2D eigenvalue weighted by atomic mass is 10.1. The van der Waals surface area contributed by atoms with Gasteiger partial charge in [0.25, 0.3) is 0 Å². The van der Waals surface area contributed by atoms with Crippen molar-refractivity contribution in [1.29, 1.82) is 0 Å². The third kappa shape index (κ3) is 1.66. The summed E-state index contributed by atoms with van der Waals surface area (Å²) >= 11 is 5.33. The Morgan fingerprint density at radius 1 is 1.50 bits per heavy atom. The minimum Gasteiger partial charge on any atom is -0.464 e. The van der Waals surface area contributed by atoms with E-state index in [1.165, 1.54) is 0 Å². The lowest BCUT2D eigenvalue weighted by molar-refractivity contribution is -0.111. The Morgan fingerprint density at radius 3 is 3.00 bits per heavy atom. The molecular weight excluding hydrogens is 200 g/mol. The van der Waals surface area contributed by atoms with Gasteiger partial charge in [0.05, 0.1) is 12.7 Å². The summed E-state index contributed by atoms with van der Waals surface area (Å²) in [5.74, 6) is 0. The molecule has 1 aromatic heterocycles. The van der Waals surface area contributed by atoms with E-state index >= 15 is 0 Å². The van der Waals surface area contributed by atoms with Gasteiger partial charge in [0.2, 0.25) is 5.24 Å². The summed E-state index contributed by atoms with van der Waals surface area (Å²) in [6.45, 7) is 2.00. The summed E-state index contributed by atoms with van der Waals surface area (Å²) < 4.78 is 5.29. The van der Waals surface area contributed by atoms with E-state index in [9.17, 15) is 4.79 Å². The molecule has 1 aromatic carbocycles. The van der Waals surface area contributed by atoms with E-state index in [1.807, 2.05) is 25.1 Å². The first-order chi connectivity index (χ1) is 6.66. The SMILES string of the molecule is Cc1ccc2occ(CC(=O)Cl)c2c1. The first-order valence-corrected chi connectivity index (χ1v) is 4.69. The lowest BCUT2D eigenvalue weighted by Gasteiger charge is -1.94. The number of furan rings is 1. The maximum absolute atomic E-state index is 10.8. The molecule has 0 N–H and O–H groups in total. The largest absolute Gasteiger partial charge is 0.464 e. The van der Waals surface area contributed by atoms with Gasteiger partial charge in [0.15, 0.2) is 0 Å². The van der Waals surface area contributed by atoms with Crippen LogP contribution in [0.4, 0.5) is 0 Å². The minimum absolute atomic E-state index is 0.220. The van der Waals surface area contributed by atoms with Gasteiger partial charge < -0.3 is 4.42 Å². The molecule has 14 heavy (non-hydrogen) atoms. The topological polar surface area (TPSA) is 30.2 Å². The van der Waals surface area contributed by atoms with Gasteiger partial charge in [0, 0.05) is 10.9 Å². The second-order valence-corrected chi connectivity index (χ2v) is 3.71. The number of carbonyl (C=O) groups excluding carboxylic acids is 1. The van der Waals surface area contributed by atoms with E-state index in [4.69, 9.17) is 16.0 Å². The maximum atomic E-state index is 10.8. The normalized spacial score (nSPS) is 10.7. The molecule has 0 radical (unpaired) electrons. The molecule has 2 nitrogen and oxygen atoms in total. The number of fused-ring (bicyclic) bond motifs is 1. The summed E-state index contributed by atoms with van der Waals surface area (Å²) in [4.78, 5) is 10.8. The summed E-state index contributed by atoms with van der Waals surface area (Å²) in [6.07, 6.45) is 1.81. The van der Waals surface area contributed by atoms with E-state index < -0.39 is 0 Å². The molecule has 0 unspecified atom stereocenters. The molecule has 0 fully saturated rings. The van der Waals surface area contributed by atoms with Gasteiger partial charge in [-0.25, -0.2) is 0 Å². The Bertz CT molecular complexity index is 485. The van der Waals surface area contributed by atoms with Crippen molar-refractivity contribution in [2.24, 2.45) is 0 Å². The van der Waals surface area contributed by atoms with Crippen molar-refractivity contribution in [3.8, 4) is 0 Å². The second-order valence-electron chi connectivity index (χ2n) is 3.29. The van der Waals surface area contributed by atoms with Crippen molar-refractivity contribution in [2.75, 3.05) is 0 Å². The van der Waals surface area contributed by atoms with Gasteiger partial charge in [-0.1, -0.05) is 11.6 Å². The average molecular weight is 209 g/mol. The first kappa shape index (κ1) is 9.28. The number of carbonyl (C=O) groups is 1. The minimum atomic E-state index is -0.366. The Labute approximate surface area is 86.5 Å². The zero-order chi connectivity index (χ0) is 10.1. The monoisotopic (exact) mass is 208 g/mol. The molecule has 2 aromatic rings. The molecule has 0 amide bonds. The van der Waals surface area contributed by atoms with Gasteiger partial charge in [-0.3, -0.25) is 4.79 Å². The van der Waals surface area contributed by atoms with Crippen LogP contribution in [0, 0.1) is 6.92 Å². The van der Waals surface area contributed by atoms with E-state index in [-0.39, 0.29) is 11.7 Å². The highest BCUT2D eigenvalue weighted by Crippen LogP contribution is 2.23. The van der Waals surface area contributed by atoms with E-state index in [1.54, 1.807) is 6.26 Å². The van der Waals surface area contributed by atoms with Crippen LogP contribution in [0.15, 0.2) is 28.9 Å². The van der Waals surface area contributed by atoms with Gasteiger partial charge >= 0.3 is 0 Å². The molecular formula is C11H9ClO2. The highest BCUT2D eigenvalue weighted by Gasteiger charge is 2.08. The fourth-order valence-corrected chi connectivity index (χ4v) is 1.63. The summed E-state index contributed by atoms with van der Waals surface area (Å²) in [5.41, 5.74) is 2.79. The van der Waals surface area contributed by atoms with Crippen molar-refractivity contribution in [1.82, 2.24) is 0 Å². The van der Waals surface area contributed by atoms with E-state index in [0.29, 0.717) is 0 Å². The van der Waals surface area contributed by atoms with Crippen molar-refractivity contribution >= 4 is 27.8 Å². The highest BCUT2D eigenvalue weighted by atomic mass is 35.5. The zero-order valence-corrected chi connectivity index (χ0v) is 8.47. The number of halogens is 1.